The Morgan fingerprint density at radius 2 is 1.89 bits per heavy atom. The van der Waals surface area contributed by atoms with E-state index >= 15 is 0 Å². The summed E-state index contributed by atoms with van der Waals surface area (Å²) >= 11 is 0. The van der Waals surface area contributed by atoms with Gasteiger partial charge in [-0.25, -0.2) is 4.98 Å². The van der Waals surface area contributed by atoms with Crippen molar-refractivity contribution >= 4 is 0 Å². The van der Waals surface area contributed by atoms with E-state index in [9.17, 15) is 5.11 Å². The zero-order valence-corrected chi connectivity index (χ0v) is 10.7. The van der Waals surface area contributed by atoms with Crippen LogP contribution in [0.3, 0.4) is 0 Å². The summed E-state index contributed by atoms with van der Waals surface area (Å²) in [5.74, 6) is 0.123. The van der Waals surface area contributed by atoms with E-state index in [0.717, 1.165) is 38.5 Å². The summed E-state index contributed by atoms with van der Waals surface area (Å²) in [5.41, 5.74) is 1.39. The molecule has 0 saturated carbocycles. The fourth-order valence-corrected chi connectivity index (χ4v) is 2.28. The van der Waals surface area contributed by atoms with Crippen LogP contribution < -0.4 is 0 Å². The van der Waals surface area contributed by atoms with Crippen LogP contribution in [0, 0.1) is 0 Å². The van der Waals surface area contributed by atoms with Gasteiger partial charge in [0.25, 0.3) is 0 Å². The quantitative estimate of drug-likeness (QED) is 0.867. The van der Waals surface area contributed by atoms with E-state index in [4.69, 9.17) is 14.2 Å². The lowest BCUT2D eigenvalue weighted by atomic mass is 10.2. The molecule has 0 unspecified atom stereocenters. The number of aromatic hydroxyl groups is 1. The summed E-state index contributed by atoms with van der Waals surface area (Å²) in [7, 11) is 0. The molecule has 0 aromatic carbocycles. The van der Waals surface area contributed by atoms with Crippen LogP contribution in [0.4, 0.5) is 0 Å². The molecule has 6 nitrogen and oxygen atoms in total. The molecule has 6 heteroatoms. The minimum atomic E-state index is -0.537. The summed E-state index contributed by atoms with van der Waals surface area (Å²) in [6.45, 7) is 5.19. The standard InChI is InChI=1S/C13H18N2O4/c16-11-2-1-10(9-15-3-5-17-6-4-15)14-12(11)13-18-7-8-19-13/h1-2,13,16H,3-9H2. The molecule has 104 valence electrons. The molecule has 0 aliphatic carbocycles. The van der Waals surface area contributed by atoms with E-state index in [1.807, 2.05) is 6.07 Å². The smallest absolute Gasteiger partial charge is 0.204 e. The molecule has 1 N–H and O–H groups in total. The van der Waals surface area contributed by atoms with Gasteiger partial charge >= 0.3 is 0 Å². The molecule has 3 rings (SSSR count). The van der Waals surface area contributed by atoms with Gasteiger partial charge in [-0.3, -0.25) is 4.90 Å². The first kappa shape index (κ1) is 12.8. The highest BCUT2D eigenvalue weighted by Gasteiger charge is 2.24. The van der Waals surface area contributed by atoms with E-state index in [2.05, 4.69) is 9.88 Å². The third kappa shape index (κ3) is 3.03. The monoisotopic (exact) mass is 266 g/mol. The maximum atomic E-state index is 9.85. The van der Waals surface area contributed by atoms with E-state index in [1.165, 1.54) is 0 Å². The van der Waals surface area contributed by atoms with Crippen molar-refractivity contribution in [3.8, 4) is 5.75 Å². The molecule has 2 saturated heterocycles. The molecule has 2 fully saturated rings. The summed E-state index contributed by atoms with van der Waals surface area (Å²) < 4.78 is 16.1. The first-order valence-corrected chi connectivity index (χ1v) is 6.55. The number of rotatable bonds is 3. The summed E-state index contributed by atoms with van der Waals surface area (Å²) in [6, 6.07) is 3.49. The molecule has 0 amide bonds. The Kier molecular flexibility index (Phi) is 3.93. The van der Waals surface area contributed by atoms with Crippen LogP contribution in [-0.2, 0) is 20.8 Å². The van der Waals surface area contributed by atoms with Gasteiger partial charge in [0, 0.05) is 19.6 Å². The highest BCUT2D eigenvalue weighted by molar-refractivity contribution is 5.29. The second-order valence-electron chi connectivity index (χ2n) is 4.67. The molecule has 0 atom stereocenters. The third-order valence-electron chi connectivity index (χ3n) is 3.29. The molecule has 3 heterocycles. The van der Waals surface area contributed by atoms with Gasteiger partial charge in [0.2, 0.25) is 6.29 Å². The lowest BCUT2D eigenvalue weighted by Gasteiger charge is -2.26. The molecule has 2 aliphatic heterocycles. The first-order chi connectivity index (χ1) is 9.33. The van der Waals surface area contributed by atoms with Crippen LogP contribution in [0.5, 0.6) is 5.75 Å². The number of ether oxygens (including phenoxy) is 3. The summed E-state index contributed by atoms with van der Waals surface area (Å²) in [4.78, 5) is 6.75. The van der Waals surface area contributed by atoms with Crippen LogP contribution in [0.2, 0.25) is 0 Å². The Labute approximate surface area is 111 Å². The van der Waals surface area contributed by atoms with Crippen molar-refractivity contribution < 1.29 is 19.3 Å². The van der Waals surface area contributed by atoms with E-state index in [-0.39, 0.29) is 5.75 Å². The fourth-order valence-electron chi connectivity index (χ4n) is 2.28. The Balaban J connectivity index is 1.72. The van der Waals surface area contributed by atoms with Crippen LogP contribution in [0.15, 0.2) is 12.1 Å². The van der Waals surface area contributed by atoms with Gasteiger partial charge in [-0.2, -0.15) is 0 Å². The normalized spacial score (nSPS) is 21.9. The highest BCUT2D eigenvalue weighted by atomic mass is 16.7. The topological polar surface area (TPSA) is 64.1 Å². The zero-order valence-electron chi connectivity index (χ0n) is 10.7. The van der Waals surface area contributed by atoms with Crippen LogP contribution in [-0.4, -0.2) is 54.5 Å². The number of morpholine rings is 1. The van der Waals surface area contributed by atoms with Gasteiger partial charge in [0.05, 0.1) is 32.1 Å². The maximum Gasteiger partial charge on any atom is 0.204 e. The van der Waals surface area contributed by atoms with Gasteiger partial charge in [-0.15, -0.1) is 0 Å². The second-order valence-corrected chi connectivity index (χ2v) is 4.67. The Morgan fingerprint density at radius 1 is 1.16 bits per heavy atom. The van der Waals surface area contributed by atoms with E-state index in [0.29, 0.717) is 18.9 Å². The Bertz CT molecular complexity index is 429. The molecule has 1 aromatic rings. The van der Waals surface area contributed by atoms with Crippen molar-refractivity contribution in [2.45, 2.75) is 12.8 Å². The minimum Gasteiger partial charge on any atom is -0.506 e. The number of hydrogen-bond donors (Lipinski definition) is 1. The molecule has 0 spiro atoms. The van der Waals surface area contributed by atoms with Crippen molar-refractivity contribution in [2.75, 3.05) is 39.5 Å². The van der Waals surface area contributed by atoms with Gasteiger partial charge in [0.1, 0.15) is 11.4 Å². The van der Waals surface area contributed by atoms with Crippen molar-refractivity contribution in [2.24, 2.45) is 0 Å². The van der Waals surface area contributed by atoms with Crippen molar-refractivity contribution in [1.82, 2.24) is 9.88 Å². The lowest BCUT2D eigenvalue weighted by Crippen LogP contribution is -2.35. The largest absolute Gasteiger partial charge is 0.506 e. The Hall–Kier alpha value is -1.21. The first-order valence-electron chi connectivity index (χ1n) is 6.55. The maximum absolute atomic E-state index is 9.85. The molecule has 19 heavy (non-hydrogen) atoms. The SMILES string of the molecule is Oc1ccc(CN2CCOCC2)nc1C1OCCO1. The predicted molar refractivity (Wildman–Crippen MR) is 66.6 cm³/mol. The number of pyridine rings is 1. The average molecular weight is 266 g/mol. The van der Waals surface area contributed by atoms with Gasteiger partial charge < -0.3 is 19.3 Å². The van der Waals surface area contributed by atoms with Crippen LogP contribution >= 0.6 is 0 Å². The molecular formula is C13H18N2O4. The molecular weight excluding hydrogens is 248 g/mol. The Morgan fingerprint density at radius 3 is 2.63 bits per heavy atom. The van der Waals surface area contributed by atoms with E-state index in [1.54, 1.807) is 6.07 Å². The second kappa shape index (κ2) is 5.83. The predicted octanol–water partition coefficient (Wildman–Crippen LogP) is 0.665. The van der Waals surface area contributed by atoms with Gasteiger partial charge in [0.15, 0.2) is 0 Å². The number of nitrogens with zero attached hydrogens (tertiary/aromatic N) is 2. The van der Waals surface area contributed by atoms with Gasteiger partial charge in [-0.1, -0.05) is 0 Å². The average Bonchev–Trinajstić information content (AvgIpc) is 2.96. The number of hydrogen-bond acceptors (Lipinski definition) is 6. The zero-order chi connectivity index (χ0) is 13.1. The molecule has 2 aliphatic rings. The van der Waals surface area contributed by atoms with Crippen molar-refractivity contribution in [3.05, 3.63) is 23.5 Å². The summed E-state index contributed by atoms with van der Waals surface area (Å²) in [6.07, 6.45) is -0.537. The van der Waals surface area contributed by atoms with E-state index < -0.39 is 6.29 Å². The third-order valence-corrected chi connectivity index (χ3v) is 3.29. The molecule has 0 bridgehead atoms. The molecule has 0 radical (unpaired) electrons. The fraction of sp³-hybridized carbons (Fsp3) is 0.615. The minimum absolute atomic E-state index is 0.123. The highest BCUT2D eigenvalue weighted by Crippen LogP contribution is 2.29. The van der Waals surface area contributed by atoms with Crippen LogP contribution in [0.25, 0.3) is 0 Å². The van der Waals surface area contributed by atoms with Crippen molar-refractivity contribution in [3.63, 3.8) is 0 Å². The number of aromatic nitrogens is 1. The van der Waals surface area contributed by atoms with Gasteiger partial charge in [-0.05, 0) is 12.1 Å². The van der Waals surface area contributed by atoms with Crippen molar-refractivity contribution in [1.29, 1.82) is 0 Å². The lowest BCUT2D eigenvalue weighted by molar-refractivity contribution is -0.0490. The van der Waals surface area contributed by atoms with Crippen LogP contribution in [0.1, 0.15) is 17.7 Å². The summed E-state index contributed by atoms with van der Waals surface area (Å²) in [5, 5.41) is 9.85. The molecule has 1 aromatic heterocycles.